The van der Waals surface area contributed by atoms with Crippen molar-refractivity contribution in [3.05, 3.63) is 148 Å². The highest BCUT2D eigenvalue weighted by Gasteiger charge is 2.30. The van der Waals surface area contributed by atoms with E-state index >= 15 is 0 Å². The number of benzene rings is 4. The van der Waals surface area contributed by atoms with Crippen molar-refractivity contribution in [2.75, 3.05) is 39.4 Å². The number of piperazine rings is 1. The number of hydrogen-bond donors (Lipinski definition) is 0. The number of alkyl halides is 3. The Morgan fingerprint density at radius 3 is 2.05 bits per heavy atom. The van der Waals surface area contributed by atoms with E-state index in [1.54, 1.807) is 30.4 Å². The molecule has 4 aromatic carbocycles. The lowest BCUT2D eigenvalue weighted by Crippen LogP contribution is -2.47. The van der Waals surface area contributed by atoms with E-state index in [9.17, 15) is 18.0 Å². The Morgan fingerprint density at radius 2 is 1.44 bits per heavy atom. The second-order valence-corrected chi connectivity index (χ2v) is 13.7. The number of carbonyl (C=O) groups is 1. The van der Waals surface area contributed by atoms with E-state index in [2.05, 4.69) is 34.1 Å². The van der Waals surface area contributed by atoms with Gasteiger partial charge in [-0.3, -0.25) is 9.69 Å². The van der Waals surface area contributed by atoms with Gasteiger partial charge in [0.2, 0.25) is 11.8 Å². The summed E-state index contributed by atoms with van der Waals surface area (Å²) in [6.07, 6.45) is 1.22. The molecule has 2 heterocycles. The molecule has 8 nitrogen and oxygen atoms in total. The van der Waals surface area contributed by atoms with Gasteiger partial charge in [-0.1, -0.05) is 48.0 Å². The lowest BCUT2D eigenvalue weighted by Gasteiger charge is -2.34. The van der Waals surface area contributed by atoms with Crippen molar-refractivity contribution in [2.45, 2.75) is 39.6 Å². The number of halogens is 5. The van der Waals surface area contributed by atoms with E-state index in [0.717, 1.165) is 60.8 Å². The van der Waals surface area contributed by atoms with Crippen LogP contribution in [0.25, 0.3) is 6.08 Å². The molecule has 1 amide bonds. The summed E-state index contributed by atoms with van der Waals surface area (Å²) in [7, 11) is 0. The zero-order chi connectivity index (χ0) is 39.5. The van der Waals surface area contributed by atoms with E-state index in [1.165, 1.54) is 29.5 Å². The number of rotatable bonds is 15. The molecule has 0 spiro atoms. The molecule has 6 rings (SSSR count). The fourth-order valence-electron chi connectivity index (χ4n) is 6.11. The van der Waals surface area contributed by atoms with E-state index < -0.39 is 11.7 Å². The summed E-state index contributed by atoms with van der Waals surface area (Å²) in [4.78, 5) is 21.6. The molecule has 1 fully saturated rings. The van der Waals surface area contributed by atoms with Crippen LogP contribution in [0.1, 0.15) is 40.3 Å². The number of aryl methyl sites for hydroxylation is 1. The van der Waals surface area contributed by atoms with Crippen molar-refractivity contribution in [1.29, 1.82) is 0 Å². The maximum atomic E-state index is 13.1. The quantitative estimate of drug-likeness (QED) is 0.0974. The van der Waals surface area contributed by atoms with Crippen LogP contribution in [0.4, 0.5) is 13.2 Å². The minimum Gasteiger partial charge on any atom is -0.494 e. The summed E-state index contributed by atoms with van der Waals surface area (Å²) in [6.45, 7) is 8.81. The zero-order valence-corrected chi connectivity index (χ0v) is 33.2. The third-order valence-electron chi connectivity index (χ3n) is 9.18. The van der Waals surface area contributed by atoms with Crippen LogP contribution in [-0.2, 0) is 30.5 Å². The topological polar surface area (TPSA) is 73.4 Å². The molecule has 1 aliphatic heterocycles. The number of ether oxygens (including phenoxy) is 4. The predicted octanol–water partition coefficient (Wildman–Crippen LogP) is 10.2. The fraction of sp³-hybridized carbons (Fsp3) is 0.273. The highest BCUT2D eigenvalue weighted by Crippen LogP contribution is 2.34. The van der Waals surface area contributed by atoms with Gasteiger partial charge in [0.05, 0.1) is 30.0 Å². The summed E-state index contributed by atoms with van der Waals surface area (Å²) in [6, 6.07) is 28.0. The maximum Gasteiger partial charge on any atom is 0.416 e. The SMILES string of the molecule is CCOc1ccc(OCCc2ccc(CN3CCN(C(=O)/C=C/c4cc(C)c(Oc5ccc(OCc6ccc(C(F)(F)F)cc6)cn5)c(Cl)c4)CC3)cc2)cc1.Cl. The highest BCUT2D eigenvalue weighted by molar-refractivity contribution is 6.32. The Bertz CT molecular complexity index is 2050. The van der Waals surface area contributed by atoms with E-state index in [0.29, 0.717) is 48.4 Å². The minimum atomic E-state index is -4.39. The average molecular weight is 823 g/mol. The second-order valence-electron chi connectivity index (χ2n) is 13.3. The van der Waals surface area contributed by atoms with Crippen LogP contribution < -0.4 is 18.9 Å². The summed E-state index contributed by atoms with van der Waals surface area (Å²) in [5.41, 5.74) is 3.85. The first-order valence-electron chi connectivity index (χ1n) is 18.4. The third kappa shape index (κ3) is 12.6. The molecule has 1 aromatic heterocycles. The van der Waals surface area contributed by atoms with Crippen LogP contribution in [0, 0.1) is 6.92 Å². The Kier molecular flexibility index (Phi) is 15.3. The highest BCUT2D eigenvalue weighted by atomic mass is 35.5. The Labute approximate surface area is 342 Å². The van der Waals surface area contributed by atoms with Gasteiger partial charge in [0, 0.05) is 51.3 Å². The number of hydrogen-bond acceptors (Lipinski definition) is 7. The molecule has 0 aliphatic carbocycles. The van der Waals surface area contributed by atoms with Crippen molar-refractivity contribution in [3.63, 3.8) is 0 Å². The smallest absolute Gasteiger partial charge is 0.416 e. The predicted molar refractivity (Wildman–Crippen MR) is 218 cm³/mol. The molecule has 0 N–H and O–H groups in total. The standard InChI is InChI=1S/C44H43ClF3N3O5.ClH/c1-3-53-37-13-15-38(16-14-37)54-25-20-32-4-6-33(7-5-32)29-50-21-23-51(24-22-50)42(52)19-10-35-26-31(2)43(40(45)27-35)56-41-18-17-39(28-49-41)55-30-34-8-11-36(12-9-34)44(46,47)48;/h4-19,26-28H,3,20-25,29-30H2,1-2H3;1H/b19-10+;. The molecule has 57 heavy (non-hydrogen) atoms. The lowest BCUT2D eigenvalue weighted by molar-refractivity contribution is -0.137. The summed E-state index contributed by atoms with van der Waals surface area (Å²) < 4.78 is 61.4. The van der Waals surface area contributed by atoms with Crippen LogP contribution in [0.3, 0.4) is 0 Å². The van der Waals surface area contributed by atoms with Gasteiger partial charge < -0.3 is 23.8 Å². The second kappa shape index (κ2) is 20.3. The van der Waals surface area contributed by atoms with Crippen molar-refractivity contribution in [3.8, 4) is 28.9 Å². The van der Waals surface area contributed by atoms with Crippen LogP contribution in [0.15, 0.2) is 109 Å². The molecule has 1 aliphatic rings. The zero-order valence-electron chi connectivity index (χ0n) is 31.6. The largest absolute Gasteiger partial charge is 0.494 e. The lowest BCUT2D eigenvalue weighted by atomic mass is 10.1. The number of pyridine rings is 1. The third-order valence-corrected chi connectivity index (χ3v) is 9.46. The number of amides is 1. The van der Waals surface area contributed by atoms with E-state index in [4.69, 9.17) is 30.5 Å². The van der Waals surface area contributed by atoms with Gasteiger partial charge in [-0.15, -0.1) is 12.4 Å². The molecule has 5 aromatic rings. The first kappa shape index (κ1) is 42.9. The minimum absolute atomic E-state index is 0. The number of nitrogens with zero attached hydrogens (tertiary/aromatic N) is 3. The van der Waals surface area contributed by atoms with Crippen molar-refractivity contribution < 1.29 is 36.9 Å². The molecule has 0 radical (unpaired) electrons. The van der Waals surface area contributed by atoms with Crippen LogP contribution in [0.5, 0.6) is 28.9 Å². The molecular weight excluding hydrogens is 778 g/mol. The van der Waals surface area contributed by atoms with Crippen LogP contribution in [-0.4, -0.2) is 60.1 Å². The summed E-state index contributed by atoms with van der Waals surface area (Å²) in [5, 5.41) is 0.362. The number of carbonyl (C=O) groups excluding carboxylic acids is 1. The fourth-order valence-corrected chi connectivity index (χ4v) is 6.42. The average Bonchev–Trinajstić information content (AvgIpc) is 3.19. The van der Waals surface area contributed by atoms with E-state index in [-0.39, 0.29) is 30.8 Å². The van der Waals surface area contributed by atoms with E-state index in [1.807, 2.05) is 49.1 Å². The first-order valence-corrected chi connectivity index (χ1v) is 18.8. The van der Waals surface area contributed by atoms with Crippen LogP contribution >= 0.6 is 24.0 Å². The molecule has 1 saturated heterocycles. The van der Waals surface area contributed by atoms with Gasteiger partial charge in [-0.05, 0) is 102 Å². The van der Waals surface area contributed by atoms with Crippen molar-refractivity contribution in [2.24, 2.45) is 0 Å². The molecule has 0 atom stereocenters. The normalized spacial score (nSPS) is 13.3. The van der Waals surface area contributed by atoms with Crippen LogP contribution in [0.2, 0.25) is 5.02 Å². The Balaban J connectivity index is 0.00000620. The molecule has 0 bridgehead atoms. The molecular formula is C44H44Cl2F3N3O5. The Hall–Kier alpha value is -5.23. The van der Waals surface area contributed by atoms with Gasteiger partial charge >= 0.3 is 6.18 Å². The van der Waals surface area contributed by atoms with Crippen molar-refractivity contribution in [1.82, 2.24) is 14.8 Å². The van der Waals surface area contributed by atoms with Gasteiger partial charge in [0.1, 0.15) is 23.9 Å². The molecule has 13 heteroatoms. The monoisotopic (exact) mass is 821 g/mol. The maximum absolute atomic E-state index is 13.1. The van der Waals surface area contributed by atoms with Crippen molar-refractivity contribution >= 4 is 36.0 Å². The summed E-state index contributed by atoms with van der Waals surface area (Å²) in [5.74, 6) is 2.75. The first-order chi connectivity index (χ1) is 27.0. The molecule has 0 unspecified atom stereocenters. The van der Waals surface area contributed by atoms with Gasteiger partial charge in [0.15, 0.2) is 5.75 Å². The van der Waals surface area contributed by atoms with Gasteiger partial charge in [0.25, 0.3) is 0 Å². The summed E-state index contributed by atoms with van der Waals surface area (Å²) >= 11 is 6.59. The molecule has 0 saturated carbocycles. The van der Waals surface area contributed by atoms with Gasteiger partial charge in [-0.2, -0.15) is 13.2 Å². The van der Waals surface area contributed by atoms with Gasteiger partial charge in [-0.25, -0.2) is 4.98 Å². The molecule has 300 valence electrons. The number of aromatic nitrogens is 1. The Morgan fingerprint density at radius 1 is 0.807 bits per heavy atom.